The first-order chi connectivity index (χ1) is 10.1. The molecule has 0 fully saturated rings. The van der Waals surface area contributed by atoms with Crippen molar-refractivity contribution in [2.45, 2.75) is 12.5 Å². The highest BCUT2D eigenvalue weighted by atomic mass is 35.5. The molecule has 3 N–H and O–H groups in total. The summed E-state index contributed by atoms with van der Waals surface area (Å²) in [5.74, 6) is 0.569. The number of imidazole rings is 1. The average Bonchev–Trinajstić information content (AvgIpc) is 3.09. The molecule has 3 aromatic rings. The average molecular weight is 325 g/mol. The summed E-state index contributed by atoms with van der Waals surface area (Å²) in [4.78, 5) is 15.2. The van der Waals surface area contributed by atoms with Crippen LogP contribution in [0.3, 0.4) is 0 Å². The molecule has 0 bridgehead atoms. The molecule has 0 aliphatic heterocycles. The summed E-state index contributed by atoms with van der Waals surface area (Å²) in [6.07, 6.45) is 5.24. The second-order valence-corrected chi connectivity index (χ2v) is 5.17. The summed E-state index contributed by atoms with van der Waals surface area (Å²) in [5.41, 5.74) is 7.29. The lowest BCUT2D eigenvalue weighted by atomic mass is 10.2. The predicted octanol–water partition coefficient (Wildman–Crippen LogP) is 2.40. The summed E-state index contributed by atoms with van der Waals surface area (Å²) in [6, 6.07) is 1.12. The van der Waals surface area contributed by atoms with Gasteiger partial charge in [-0.05, 0) is 6.07 Å². The minimum absolute atomic E-state index is 0.270. The standard InChI is InChI=1S/C12H10Cl2N6O/c13-6-1-8(14)10(17-3-6)11-19-12(21-20-11)9(15)2-7-4-16-5-18-7/h1,3-5,9H,2,15H2,(H,16,18). The van der Waals surface area contributed by atoms with Crippen molar-refractivity contribution in [3.63, 3.8) is 0 Å². The van der Waals surface area contributed by atoms with Crippen LogP contribution in [0.2, 0.25) is 10.0 Å². The van der Waals surface area contributed by atoms with Gasteiger partial charge in [-0.3, -0.25) is 0 Å². The SMILES string of the molecule is NC(Cc1cnc[nH]1)c1nc(-c2ncc(Cl)cc2Cl)no1. The highest BCUT2D eigenvalue weighted by molar-refractivity contribution is 6.35. The van der Waals surface area contributed by atoms with Crippen molar-refractivity contribution < 1.29 is 4.52 Å². The van der Waals surface area contributed by atoms with Gasteiger partial charge in [0.05, 0.1) is 22.4 Å². The smallest absolute Gasteiger partial charge is 0.244 e. The van der Waals surface area contributed by atoms with E-state index in [0.29, 0.717) is 28.1 Å². The third-order valence-corrected chi connectivity index (χ3v) is 3.27. The van der Waals surface area contributed by atoms with Crippen LogP contribution in [0.25, 0.3) is 11.5 Å². The molecule has 0 radical (unpaired) electrons. The van der Waals surface area contributed by atoms with Crippen molar-refractivity contribution in [2.24, 2.45) is 5.73 Å². The summed E-state index contributed by atoms with van der Waals surface area (Å²) in [7, 11) is 0. The molecule has 3 rings (SSSR count). The van der Waals surface area contributed by atoms with E-state index in [1.54, 1.807) is 18.6 Å². The van der Waals surface area contributed by atoms with Crippen LogP contribution in [0.1, 0.15) is 17.6 Å². The molecular weight excluding hydrogens is 315 g/mol. The van der Waals surface area contributed by atoms with Gasteiger partial charge in [0.2, 0.25) is 11.7 Å². The lowest BCUT2D eigenvalue weighted by Gasteiger charge is -2.03. The maximum absolute atomic E-state index is 6.05. The fraction of sp³-hybridized carbons (Fsp3) is 0.167. The van der Waals surface area contributed by atoms with Crippen molar-refractivity contribution >= 4 is 23.2 Å². The highest BCUT2D eigenvalue weighted by Crippen LogP contribution is 2.26. The van der Waals surface area contributed by atoms with Gasteiger partial charge in [0, 0.05) is 24.5 Å². The van der Waals surface area contributed by atoms with Gasteiger partial charge in [-0.1, -0.05) is 28.4 Å². The maximum Gasteiger partial charge on any atom is 0.244 e. The first kappa shape index (κ1) is 14.0. The molecule has 1 unspecified atom stereocenters. The highest BCUT2D eigenvalue weighted by Gasteiger charge is 2.19. The van der Waals surface area contributed by atoms with Crippen LogP contribution in [-0.2, 0) is 6.42 Å². The number of nitrogens with one attached hydrogen (secondary N) is 1. The first-order valence-electron chi connectivity index (χ1n) is 6.01. The van der Waals surface area contributed by atoms with Crippen LogP contribution in [0, 0.1) is 0 Å². The molecule has 108 valence electrons. The van der Waals surface area contributed by atoms with Crippen molar-refractivity contribution in [1.82, 2.24) is 25.1 Å². The van der Waals surface area contributed by atoms with Gasteiger partial charge in [0.25, 0.3) is 0 Å². The largest absolute Gasteiger partial charge is 0.348 e. The third kappa shape index (κ3) is 3.05. The molecule has 3 heterocycles. The number of pyridine rings is 1. The van der Waals surface area contributed by atoms with E-state index in [4.69, 9.17) is 33.5 Å². The Balaban J connectivity index is 1.82. The molecule has 21 heavy (non-hydrogen) atoms. The third-order valence-electron chi connectivity index (χ3n) is 2.77. The molecule has 7 nitrogen and oxygen atoms in total. The number of aromatic amines is 1. The fourth-order valence-corrected chi connectivity index (χ4v) is 2.25. The normalized spacial score (nSPS) is 12.5. The van der Waals surface area contributed by atoms with Gasteiger partial charge in [0.15, 0.2) is 0 Å². The van der Waals surface area contributed by atoms with Gasteiger partial charge < -0.3 is 15.2 Å². The lowest BCUT2D eigenvalue weighted by molar-refractivity contribution is 0.354. The summed E-state index contributed by atoms with van der Waals surface area (Å²) < 4.78 is 5.16. The summed E-state index contributed by atoms with van der Waals surface area (Å²) in [5, 5.41) is 4.62. The number of nitrogens with two attached hydrogens (primary N) is 1. The topological polar surface area (TPSA) is 107 Å². The van der Waals surface area contributed by atoms with Gasteiger partial charge in [0.1, 0.15) is 5.69 Å². The van der Waals surface area contributed by atoms with Crippen molar-refractivity contribution in [2.75, 3.05) is 0 Å². The van der Waals surface area contributed by atoms with Crippen molar-refractivity contribution in [3.05, 3.63) is 46.4 Å². The van der Waals surface area contributed by atoms with Crippen molar-refractivity contribution in [3.8, 4) is 11.5 Å². The van der Waals surface area contributed by atoms with E-state index >= 15 is 0 Å². The number of aromatic nitrogens is 5. The van der Waals surface area contributed by atoms with E-state index in [9.17, 15) is 0 Å². The van der Waals surface area contributed by atoms with Gasteiger partial charge in [-0.2, -0.15) is 4.98 Å². The Bertz CT molecular complexity index is 742. The molecular formula is C12H10Cl2N6O. The number of hydrogen-bond acceptors (Lipinski definition) is 6. The predicted molar refractivity (Wildman–Crippen MR) is 76.8 cm³/mol. The molecule has 9 heteroatoms. The van der Waals surface area contributed by atoms with Crippen LogP contribution >= 0.6 is 23.2 Å². The summed E-state index contributed by atoms with van der Waals surface area (Å²) in [6.45, 7) is 0. The van der Waals surface area contributed by atoms with E-state index in [1.807, 2.05) is 0 Å². The molecule has 0 aromatic carbocycles. The molecule has 0 amide bonds. The Labute approximate surface area is 129 Å². The van der Waals surface area contributed by atoms with Crippen LogP contribution < -0.4 is 5.73 Å². The zero-order chi connectivity index (χ0) is 14.8. The quantitative estimate of drug-likeness (QED) is 0.763. The molecule has 0 spiro atoms. The molecule has 0 saturated heterocycles. The Hall–Kier alpha value is -1.96. The number of H-pyrrole nitrogens is 1. The Morgan fingerprint density at radius 2 is 2.19 bits per heavy atom. The molecule has 0 aliphatic carbocycles. The van der Waals surface area contributed by atoms with Crippen molar-refractivity contribution in [1.29, 1.82) is 0 Å². The second-order valence-electron chi connectivity index (χ2n) is 4.33. The van der Waals surface area contributed by atoms with Crippen LogP contribution in [0.4, 0.5) is 0 Å². The van der Waals surface area contributed by atoms with Crippen LogP contribution in [0.15, 0.2) is 29.3 Å². The first-order valence-corrected chi connectivity index (χ1v) is 6.77. The Morgan fingerprint density at radius 3 is 2.90 bits per heavy atom. The zero-order valence-corrected chi connectivity index (χ0v) is 12.1. The van der Waals surface area contributed by atoms with E-state index in [-0.39, 0.29) is 5.82 Å². The zero-order valence-electron chi connectivity index (χ0n) is 10.6. The molecule has 1 atom stereocenters. The number of rotatable bonds is 4. The van der Waals surface area contributed by atoms with Gasteiger partial charge in [-0.15, -0.1) is 0 Å². The monoisotopic (exact) mass is 324 g/mol. The van der Waals surface area contributed by atoms with Crippen LogP contribution in [-0.4, -0.2) is 25.1 Å². The van der Waals surface area contributed by atoms with E-state index in [1.165, 1.54) is 6.20 Å². The van der Waals surface area contributed by atoms with Gasteiger partial charge >= 0.3 is 0 Å². The number of halogens is 2. The minimum atomic E-state index is -0.447. The minimum Gasteiger partial charge on any atom is -0.348 e. The Morgan fingerprint density at radius 1 is 1.33 bits per heavy atom. The summed E-state index contributed by atoms with van der Waals surface area (Å²) >= 11 is 11.9. The van der Waals surface area contributed by atoms with E-state index in [0.717, 1.165) is 5.69 Å². The second kappa shape index (κ2) is 5.80. The van der Waals surface area contributed by atoms with Crippen LogP contribution in [0.5, 0.6) is 0 Å². The Kier molecular flexibility index (Phi) is 3.87. The molecule has 0 saturated carbocycles. The number of hydrogen-bond donors (Lipinski definition) is 2. The lowest BCUT2D eigenvalue weighted by Crippen LogP contribution is -2.14. The van der Waals surface area contributed by atoms with E-state index in [2.05, 4.69) is 25.1 Å². The van der Waals surface area contributed by atoms with Gasteiger partial charge in [-0.25, -0.2) is 9.97 Å². The fourth-order valence-electron chi connectivity index (χ4n) is 1.78. The number of nitrogens with zero attached hydrogens (tertiary/aromatic N) is 4. The molecule has 3 aromatic heterocycles. The van der Waals surface area contributed by atoms with E-state index < -0.39 is 6.04 Å². The molecule has 0 aliphatic rings. The maximum atomic E-state index is 6.05.